The van der Waals surface area contributed by atoms with Gasteiger partial charge in [0.15, 0.2) is 5.13 Å². The largest absolute Gasteiger partial charge is 0.452 e. The smallest absolute Gasteiger partial charge is 0.422 e. The predicted octanol–water partition coefficient (Wildman–Crippen LogP) is 0.436. The van der Waals surface area contributed by atoms with Crippen LogP contribution < -0.4 is 14.8 Å². The number of aromatic nitrogens is 1. The van der Waals surface area contributed by atoms with E-state index in [0.29, 0.717) is 5.69 Å². The Balaban J connectivity index is 2.73. The average Bonchev–Trinajstić information content (AvgIpc) is 2.74. The lowest BCUT2D eigenvalue weighted by molar-refractivity contribution is 0.177. The van der Waals surface area contributed by atoms with Crippen molar-refractivity contribution >= 4 is 32.8 Å². The Hall–Kier alpha value is -1.39. The zero-order chi connectivity index (χ0) is 13.8. The van der Waals surface area contributed by atoms with E-state index in [0.717, 1.165) is 18.4 Å². The van der Waals surface area contributed by atoms with Gasteiger partial charge in [0.1, 0.15) is 0 Å². The summed E-state index contributed by atoms with van der Waals surface area (Å²) >= 11 is 1.12. The molecule has 0 saturated heterocycles. The van der Waals surface area contributed by atoms with E-state index in [1.165, 1.54) is 0 Å². The molecule has 1 atom stereocenters. The predicted molar refractivity (Wildman–Crippen MR) is 67.7 cm³/mol. The van der Waals surface area contributed by atoms with Gasteiger partial charge in [0, 0.05) is 11.4 Å². The fraction of sp³-hybridized carbons (Fsp3) is 0.500. The van der Waals surface area contributed by atoms with Gasteiger partial charge in [0.25, 0.3) is 0 Å². The van der Waals surface area contributed by atoms with E-state index in [-0.39, 0.29) is 11.2 Å². The van der Waals surface area contributed by atoms with Crippen LogP contribution in [0.15, 0.2) is 5.38 Å². The standard InChI is InChI=1S/C8H14N4O4S2/c1-5(9-2)6-4-17-7(10-6)11-18(14,15)12-8(13)16-3/h4-5,9H,1-3H3,(H,10,11)(H,12,13). The minimum atomic E-state index is -4.01. The number of ether oxygens (including phenoxy) is 1. The second kappa shape index (κ2) is 5.98. The van der Waals surface area contributed by atoms with Crippen molar-refractivity contribution < 1.29 is 17.9 Å². The summed E-state index contributed by atoms with van der Waals surface area (Å²) in [5.41, 5.74) is 0.707. The Morgan fingerprint density at radius 3 is 2.78 bits per heavy atom. The van der Waals surface area contributed by atoms with E-state index in [2.05, 4.69) is 19.8 Å². The number of anilines is 1. The van der Waals surface area contributed by atoms with Crippen molar-refractivity contribution in [2.75, 3.05) is 18.9 Å². The maximum atomic E-state index is 11.4. The highest BCUT2D eigenvalue weighted by molar-refractivity contribution is 7.91. The van der Waals surface area contributed by atoms with Gasteiger partial charge < -0.3 is 10.1 Å². The zero-order valence-electron chi connectivity index (χ0n) is 10.1. The molecular weight excluding hydrogens is 280 g/mol. The summed E-state index contributed by atoms with van der Waals surface area (Å²) in [6.45, 7) is 1.89. The number of carbonyl (C=O) groups is 1. The molecule has 3 N–H and O–H groups in total. The maximum Gasteiger partial charge on any atom is 0.422 e. The van der Waals surface area contributed by atoms with Gasteiger partial charge in [-0.1, -0.05) is 0 Å². The van der Waals surface area contributed by atoms with Gasteiger partial charge in [0.05, 0.1) is 12.8 Å². The van der Waals surface area contributed by atoms with Gasteiger partial charge in [0.2, 0.25) is 0 Å². The number of rotatable bonds is 5. The Morgan fingerprint density at radius 2 is 2.22 bits per heavy atom. The number of nitrogens with zero attached hydrogens (tertiary/aromatic N) is 1. The molecule has 0 fully saturated rings. The van der Waals surface area contributed by atoms with Crippen molar-refractivity contribution in [3.63, 3.8) is 0 Å². The molecule has 1 aromatic heterocycles. The summed E-state index contributed by atoms with van der Waals surface area (Å²) in [6, 6.07) is 0.00747. The summed E-state index contributed by atoms with van der Waals surface area (Å²) in [4.78, 5) is 14.9. The van der Waals surface area contributed by atoms with E-state index in [4.69, 9.17) is 0 Å². The van der Waals surface area contributed by atoms with Crippen LogP contribution in [0.2, 0.25) is 0 Å². The molecule has 0 bridgehead atoms. The molecule has 0 aromatic carbocycles. The van der Waals surface area contributed by atoms with E-state index in [1.54, 1.807) is 17.1 Å². The highest BCUT2D eigenvalue weighted by Gasteiger charge is 2.17. The molecular formula is C8H14N4O4S2. The lowest BCUT2D eigenvalue weighted by atomic mass is 10.3. The molecule has 1 rings (SSSR count). The minimum absolute atomic E-state index is 0.00747. The highest BCUT2D eigenvalue weighted by Crippen LogP contribution is 2.20. The SMILES string of the molecule is CNC(C)c1csc(NS(=O)(=O)NC(=O)OC)n1. The van der Waals surface area contributed by atoms with Crippen LogP contribution in [0, 0.1) is 0 Å². The number of methoxy groups -OCH3 is 1. The fourth-order valence-corrected chi connectivity index (χ4v) is 2.77. The van der Waals surface area contributed by atoms with Gasteiger partial charge >= 0.3 is 16.3 Å². The van der Waals surface area contributed by atoms with E-state index in [1.807, 2.05) is 6.92 Å². The average molecular weight is 294 g/mol. The highest BCUT2D eigenvalue weighted by atomic mass is 32.2. The summed E-state index contributed by atoms with van der Waals surface area (Å²) in [5.74, 6) is 0. The Morgan fingerprint density at radius 1 is 1.56 bits per heavy atom. The fourth-order valence-electron chi connectivity index (χ4n) is 0.972. The Bertz CT molecular complexity index is 513. The van der Waals surface area contributed by atoms with Gasteiger partial charge in [-0.15, -0.1) is 11.3 Å². The van der Waals surface area contributed by atoms with E-state index in [9.17, 15) is 13.2 Å². The maximum absolute atomic E-state index is 11.4. The van der Waals surface area contributed by atoms with Crippen LogP contribution >= 0.6 is 11.3 Å². The molecule has 1 heterocycles. The second-order valence-electron chi connectivity index (χ2n) is 3.29. The van der Waals surface area contributed by atoms with Gasteiger partial charge in [-0.3, -0.25) is 0 Å². The molecule has 102 valence electrons. The molecule has 0 radical (unpaired) electrons. The number of amides is 1. The van der Waals surface area contributed by atoms with Crippen molar-refractivity contribution in [3.8, 4) is 0 Å². The molecule has 1 amide bonds. The number of nitrogens with one attached hydrogen (secondary N) is 3. The van der Waals surface area contributed by atoms with E-state index < -0.39 is 16.3 Å². The van der Waals surface area contributed by atoms with Crippen LogP contribution in [0.5, 0.6) is 0 Å². The van der Waals surface area contributed by atoms with Crippen molar-refractivity contribution in [1.82, 2.24) is 15.0 Å². The molecule has 1 unspecified atom stereocenters. The van der Waals surface area contributed by atoms with Gasteiger partial charge in [-0.05, 0) is 14.0 Å². The molecule has 10 heteroatoms. The monoisotopic (exact) mass is 294 g/mol. The summed E-state index contributed by atoms with van der Waals surface area (Å²) in [6.07, 6.45) is -1.07. The molecule has 0 aliphatic carbocycles. The number of carbonyl (C=O) groups excluding carboxylic acids is 1. The van der Waals surface area contributed by atoms with Crippen molar-refractivity contribution in [1.29, 1.82) is 0 Å². The first-order valence-corrected chi connectivity index (χ1v) is 7.25. The molecule has 0 spiro atoms. The quantitative estimate of drug-likeness (QED) is 0.727. The van der Waals surface area contributed by atoms with Gasteiger partial charge in [-0.25, -0.2) is 19.2 Å². The Labute approximate surface area is 109 Å². The first-order valence-electron chi connectivity index (χ1n) is 4.89. The molecule has 0 aliphatic heterocycles. The van der Waals surface area contributed by atoms with Crippen LogP contribution in [0.3, 0.4) is 0 Å². The van der Waals surface area contributed by atoms with Crippen LogP contribution in [0.25, 0.3) is 0 Å². The normalized spacial score (nSPS) is 12.8. The van der Waals surface area contributed by atoms with Gasteiger partial charge in [-0.2, -0.15) is 8.42 Å². The minimum Gasteiger partial charge on any atom is -0.452 e. The van der Waals surface area contributed by atoms with Crippen molar-refractivity contribution in [2.45, 2.75) is 13.0 Å². The topological polar surface area (TPSA) is 109 Å². The lowest BCUT2D eigenvalue weighted by Gasteiger charge is -2.06. The lowest BCUT2D eigenvalue weighted by Crippen LogP contribution is -2.35. The zero-order valence-corrected chi connectivity index (χ0v) is 11.7. The molecule has 0 saturated carbocycles. The molecule has 18 heavy (non-hydrogen) atoms. The summed E-state index contributed by atoms with van der Waals surface area (Å²) in [7, 11) is -1.17. The van der Waals surface area contributed by atoms with Crippen LogP contribution in [0.4, 0.5) is 9.93 Å². The number of hydrogen-bond donors (Lipinski definition) is 3. The van der Waals surface area contributed by atoms with Crippen LogP contribution in [-0.4, -0.2) is 33.7 Å². The third kappa shape index (κ3) is 4.13. The molecule has 0 aliphatic rings. The van der Waals surface area contributed by atoms with Crippen molar-refractivity contribution in [3.05, 3.63) is 11.1 Å². The molecule has 1 aromatic rings. The second-order valence-corrected chi connectivity index (χ2v) is 5.56. The first-order chi connectivity index (χ1) is 8.38. The summed E-state index contributed by atoms with van der Waals surface area (Å²) < 4.78 is 30.9. The molecule has 8 nitrogen and oxygen atoms in total. The third-order valence-corrected chi connectivity index (χ3v) is 3.83. The van der Waals surface area contributed by atoms with Crippen LogP contribution in [-0.2, 0) is 14.9 Å². The summed E-state index contributed by atoms with van der Waals surface area (Å²) in [5, 5.41) is 4.87. The third-order valence-electron chi connectivity index (χ3n) is 2.02. The van der Waals surface area contributed by atoms with Crippen molar-refractivity contribution in [2.24, 2.45) is 0 Å². The van der Waals surface area contributed by atoms with Crippen LogP contribution in [0.1, 0.15) is 18.7 Å². The number of hydrogen-bond acceptors (Lipinski definition) is 7. The number of thiazole rings is 1. The Kier molecular flexibility index (Phi) is 4.87. The first kappa shape index (κ1) is 14.7. The van der Waals surface area contributed by atoms with E-state index >= 15 is 0 Å².